The van der Waals surface area contributed by atoms with Crippen LogP contribution in [0.1, 0.15) is 75.0 Å². The minimum atomic E-state index is -0.307. The van der Waals surface area contributed by atoms with Crippen molar-refractivity contribution in [3.05, 3.63) is 101 Å². The maximum atomic E-state index is 11.8. The maximum absolute atomic E-state index is 11.8. The molecule has 0 aromatic heterocycles. The summed E-state index contributed by atoms with van der Waals surface area (Å²) < 4.78 is 5.02. The lowest BCUT2D eigenvalue weighted by Crippen LogP contribution is -2.12. The minimum absolute atomic E-state index is 0.116. The molecule has 2 aromatic carbocycles. The van der Waals surface area contributed by atoms with Crippen LogP contribution in [-0.2, 0) is 10.2 Å². The van der Waals surface area contributed by atoms with Gasteiger partial charge in [0.05, 0.1) is 12.2 Å². The zero-order valence-corrected chi connectivity index (χ0v) is 20.7. The largest absolute Gasteiger partial charge is 0.462 e. The highest BCUT2D eigenvalue weighted by atomic mass is 16.5. The third-order valence-corrected chi connectivity index (χ3v) is 5.71. The van der Waals surface area contributed by atoms with E-state index in [4.69, 9.17) is 4.74 Å². The molecule has 1 aliphatic rings. The van der Waals surface area contributed by atoms with E-state index in [1.54, 1.807) is 19.1 Å². The van der Waals surface area contributed by atoms with Crippen LogP contribution in [0.15, 0.2) is 78.4 Å². The van der Waals surface area contributed by atoms with Crippen molar-refractivity contribution in [2.24, 2.45) is 5.41 Å². The molecule has 0 atom stereocenters. The molecule has 1 aliphatic carbocycles. The fraction of sp³-hybridized carbons (Fsp3) is 0.323. The van der Waals surface area contributed by atoms with Gasteiger partial charge in [0.2, 0.25) is 0 Å². The normalized spacial score (nSPS) is 15.3. The first kappa shape index (κ1) is 24.3. The summed E-state index contributed by atoms with van der Waals surface area (Å²) in [6.45, 7) is 13.4. The first-order chi connectivity index (χ1) is 15.6. The van der Waals surface area contributed by atoms with E-state index in [0.717, 1.165) is 12.0 Å². The van der Waals surface area contributed by atoms with Gasteiger partial charge < -0.3 is 4.74 Å². The molecule has 0 unspecified atom stereocenters. The molecule has 0 bridgehead atoms. The van der Waals surface area contributed by atoms with Gasteiger partial charge in [0.1, 0.15) is 0 Å². The molecule has 0 saturated carbocycles. The highest BCUT2D eigenvalue weighted by molar-refractivity contribution is 5.89. The molecule has 2 nitrogen and oxygen atoms in total. The van der Waals surface area contributed by atoms with Crippen LogP contribution in [0.4, 0.5) is 0 Å². The average Bonchev–Trinajstić information content (AvgIpc) is 2.76. The van der Waals surface area contributed by atoms with Crippen molar-refractivity contribution in [3.8, 4) is 11.8 Å². The van der Waals surface area contributed by atoms with Crippen LogP contribution in [0.3, 0.4) is 0 Å². The van der Waals surface area contributed by atoms with E-state index in [2.05, 4.69) is 89.0 Å². The van der Waals surface area contributed by atoms with Crippen LogP contribution in [0, 0.1) is 17.3 Å². The summed E-state index contributed by atoms with van der Waals surface area (Å²) >= 11 is 0. The monoisotopic (exact) mass is 438 g/mol. The van der Waals surface area contributed by atoms with Gasteiger partial charge in [-0.1, -0.05) is 82.9 Å². The third kappa shape index (κ3) is 6.59. The third-order valence-electron chi connectivity index (χ3n) is 5.71. The maximum Gasteiger partial charge on any atom is 0.338 e. The number of hydrogen-bond acceptors (Lipinski definition) is 2. The number of carbonyl (C=O) groups excluding carboxylic acids is 1. The SMILES string of the molecule is CCOC(=O)c1ccc(C#CC=CC2=CC(C)(C)CC=C2c2ccc(C(C)(C)C)cc2)cc1. The number of esters is 1. The van der Waals surface area contributed by atoms with E-state index in [1.807, 2.05) is 18.2 Å². The molecular formula is C31H34O2. The van der Waals surface area contributed by atoms with Gasteiger partial charge in [-0.25, -0.2) is 4.79 Å². The Hall–Kier alpha value is -3.31. The smallest absolute Gasteiger partial charge is 0.338 e. The molecule has 33 heavy (non-hydrogen) atoms. The van der Waals surface area contributed by atoms with E-state index in [-0.39, 0.29) is 16.8 Å². The van der Waals surface area contributed by atoms with E-state index >= 15 is 0 Å². The number of allylic oxidation sites excluding steroid dienone is 6. The first-order valence-electron chi connectivity index (χ1n) is 11.6. The zero-order valence-electron chi connectivity index (χ0n) is 20.7. The first-order valence-corrected chi connectivity index (χ1v) is 11.6. The van der Waals surface area contributed by atoms with Gasteiger partial charge in [-0.15, -0.1) is 0 Å². The number of ether oxygens (including phenoxy) is 1. The van der Waals surface area contributed by atoms with E-state index < -0.39 is 0 Å². The second kappa shape index (κ2) is 10.1. The number of benzene rings is 2. The van der Waals surface area contributed by atoms with Crippen molar-refractivity contribution in [1.29, 1.82) is 0 Å². The molecule has 0 N–H and O–H groups in total. The summed E-state index contributed by atoms with van der Waals surface area (Å²) in [6, 6.07) is 16.1. The molecule has 0 amide bonds. The molecule has 3 rings (SSSR count). The van der Waals surface area contributed by atoms with E-state index in [9.17, 15) is 4.79 Å². The Morgan fingerprint density at radius 1 is 1.06 bits per heavy atom. The Labute approximate surface area is 199 Å². The van der Waals surface area contributed by atoms with Gasteiger partial charge in [0, 0.05) is 5.56 Å². The quantitative estimate of drug-likeness (QED) is 0.365. The predicted molar refractivity (Wildman–Crippen MR) is 138 cm³/mol. The van der Waals surface area contributed by atoms with Crippen LogP contribution >= 0.6 is 0 Å². The molecule has 0 spiro atoms. The van der Waals surface area contributed by atoms with Crippen LogP contribution in [0.2, 0.25) is 0 Å². The van der Waals surface area contributed by atoms with E-state index in [1.165, 1.54) is 22.3 Å². The molecule has 2 aromatic rings. The Morgan fingerprint density at radius 2 is 1.73 bits per heavy atom. The van der Waals surface area contributed by atoms with Crippen molar-refractivity contribution in [1.82, 2.24) is 0 Å². The number of rotatable bonds is 4. The summed E-state index contributed by atoms with van der Waals surface area (Å²) in [7, 11) is 0. The fourth-order valence-corrected chi connectivity index (χ4v) is 3.77. The molecular weight excluding hydrogens is 404 g/mol. The highest BCUT2D eigenvalue weighted by Gasteiger charge is 2.21. The molecule has 2 heteroatoms. The standard InChI is InChI=1S/C31H34O2/c1-7-33-29(32)25-14-12-23(13-15-25)10-8-9-11-26-22-31(5,6)21-20-28(26)24-16-18-27(19-17-24)30(2,3)4/h9,11-20,22H,7,21H2,1-6H3. The van der Waals surface area contributed by atoms with Crippen molar-refractivity contribution in [2.75, 3.05) is 6.61 Å². The van der Waals surface area contributed by atoms with Gasteiger partial charge >= 0.3 is 5.97 Å². The Balaban J connectivity index is 1.78. The van der Waals surface area contributed by atoms with Gasteiger partial charge in [0.25, 0.3) is 0 Å². The highest BCUT2D eigenvalue weighted by Crippen LogP contribution is 2.38. The summed E-state index contributed by atoms with van der Waals surface area (Å²) in [5.74, 6) is 5.98. The molecule has 0 heterocycles. The van der Waals surface area contributed by atoms with Gasteiger partial charge in [-0.05, 0) is 82.9 Å². The van der Waals surface area contributed by atoms with Gasteiger partial charge in [-0.2, -0.15) is 0 Å². The Morgan fingerprint density at radius 3 is 2.33 bits per heavy atom. The predicted octanol–water partition coefficient (Wildman–Crippen LogP) is 7.51. The lowest BCUT2D eigenvalue weighted by Gasteiger charge is -2.27. The van der Waals surface area contributed by atoms with Crippen molar-refractivity contribution < 1.29 is 9.53 Å². The van der Waals surface area contributed by atoms with Crippen LogP contribution in [0.5, 0.6) is 0 Å². The van der Waals surface area contributed by atoms with Crippen LogP contribution in [-0.4, -0.2) is 12.6 Å². The second-order valence-electron chi connectivity index (χ2n) is 10.1. The second-order valence-corrected chi connectivity index (χ2v) is 10.1. The molecule has 0 saturated heterocycles. The van der Waals surface area contributed by atoms with Gasteiger partial charge in [-0.3, -0.25) is 0 Å². The van der Waals surface area contributed by atoms with E-state index in [0.29, 0.717) is 12.2 Å². The van der Waals surface area contributed by atoms with Crippen LogP contribution < -0.4 is 0 Å². The van der Waals surface area contributed by atoms with Crippen molar-refractivity contribution in [2.45, 2.75) is 53.4 Å². The molecule has 0 aliphatic heterocycles. The lowest BCUT2D eigenvalue weighted by atomic mass is 9.78. The van der Waals surface area contributed by atoms with Crippen LogP contribution in [0.25, 0.3) is 5.57 Å². The number of hydrogen-bond donors (Lipinski definition) is 0. The summed E-state index contributed by atoms with van der Waals surface area (Å²) in [5, 5.41) is 0. The topological polar surface area (TPSA) is 26.3 Å². The molecule has 0 fully saturated rings. The Kier molecular flexibility index (Phi) is 7.44. The Bertz CT molecular complexity index is 1140. The fourth-order valence-electron chi connectivity index (χ4n) is 3.77. The zero-order chi connectivity index (χ0) is 24.1. The van der Waals surface area contributed by atoms with Crippen molar-refractivity contribution in [3.63, 3.8) is 0 Å². The molecule has 0 radical (unpaired) electrons. The average molecular weight is 439 g/mol. The lowest BCUT2D eigenvalue weighted by molar-refractivity contribution is 0.0526. The summed E-state index contributed by atoms with van der Waals surface area (Å²) in [6.07, 6.45) is 9.70. The summed E-state index contributed by atoms with van der Waals surface area (Å²) in [5.41, 5.74) is 6.68. The van der Waals surface area contributed by atoms with Crippen molar-refractivity contribution >= 4 is 11.5 Å². The summed E-state index contributed by atoms with van der Waals surface area (Å²) in [4.78, 5) is 11.8. The molecule has 170 valence electrons. The van der Waals surface area contributed by atoms with Gasteiger partial charge in [0.15, 0.2) is 0 Å². The number of carbonyl (C=O) groups is 1. The minimum Gasteiger partial charge on any atom is -0.462 e.